The number of amides is 1. The van der Waals surface area contributed by atoms with Crippen molar-refractivity contribution in [2.24, 2.45) is 0 Å². The molecule has 170 valence electrons. The van der Waals surface area contributed by atoms with Gasteiger partial charge in [0.2, 0.25) is 15.9 Å². The molecule has 0 unspecified atom stereocenters. The van der Waals surface area contributed by atoms with Gasteiger partial charge in [0, 0.05) is 38.3 Å². The van der Waals surface area contributed by atoms with Crippen molar-refractivity contribution >= 4 is 27.7 Å². The Morgan fingerprint density at radius 1 is 1.06 bits per heavy atom. The normalized spacial score (nSPS) is 16.0. The van der Waals surface area contributed by atoms with Crippen molar-refractivity contribution in [3.8, 4) is 11.4 Å². The number of carbonyl (C=O) groups excluding carboxylic acids is 1. The smallest absolute Gasteiger partial charge is 0.233 e. The van der Waals surface area contributed by atoms with Gasteiger partial charge in [-0.15, -0.1) is 10.2 Å². The van der Waals surface area contributed by atoms with Gasteiger partial charge >= 0.3 is 0 Å². The molecule has 2 heterocycles. The van der Waals surface area contributed by atoms with Crippen molar-refractivity contribution in [3.63, 3.8) is 0 Å². The fourth-order valence-electron chi connectivity index (χ4n) is 3.50. The predicted octanol–water partition coefficient (Wildman–Crippen LogP) is 2.46. The summed E-state index contributed by atoms with van der Waals surface area (Å²) >= 11 is 1.37. The zero-order valence-corrected chi connectivity index (χ0v) is 20.5. The van der Waals surface area contributed by atoms with E-state index in [1.165, 1.54) is 27.9 Å². The lowest BCUT2D eigenvalue weighted by molar-refractivity contribution is -0.129. The molecule has 0 spiro atoms. The summed E-state index contributed by atoms with van der Waals surface area (Å²) in [6, 6.07) is 8.38. The average molecular weight is 466 g/mol. The third kappa shape index (κ3) is 5.67. The average Bonchev–Trinajstić information content (AvgIpc) is 3.14. The molecule has 0 aliphatic carbocycles. The number of rotatable bonds is 6. The Labute approximate surface area is 189 Å². The van der Waals surface area contributed by atoms with Crippen molar-refractivity contribution < 1.29 is 13.2 Å². The van der Waals surface area contributed by atoms with Gasteiger partial charge in [0.05, 0.1) is 12.0 Å². The Balaban J connectivity index is 1.64. The van der Waals surface area contributed by atoms with Gasteiger partial charge in [-0.2, -0.15) is 4.31 Å². The van der Waals surface area contributed by atoms with E-state index in [0.717, 1.165) is 11.4 Å². The molecule has 1 aromatic carbocycles. The minimum absolute atomic E-state index is 0.0140. The van der Waals surface area contributed by atoms with Crippen LogP contribution in [0.15, 0.2) is 29.4 Å². The summed E-state index contributed by atoms with van der Waals surface area (Å²) in [4.78, 5) is 14.3. The summed E-state index contributed by atoms with van der Waals surface area (Å²) in [5.74, 6) is 1.03. The summed E-state index contributed by atoms with van der Waals surface area (Å²) in [5, 5.41) is 9.39. The van der Waals surface area contributed by atoms with E-state index in [1.54, 1.807) is 4.90 Å². The molecule has 8 nitrogen and oxygen atoms in total. The second kappa shape index (κ2) is 9.30. The number of thioether (sulfide) groups is 1. The molecule has 0 bridgehead atoms. The van der Waals surface area contributed by atoms with Gasteiger partial charge in [-0.3, -0.25) is 4.79 Å². The lowest BCUT2D eigenvalue weighted by atomic mass is 9.87. The van der Waals surface area contributed by atoms with E-state index in [2.05, 4.69) is 55.2 Å². The van der Waals surface area contributed by atoms with Gasteiger partial charge in [-0.05, 0) is 17.9 Å². The molecule has 0 N–H and O–H groups in total. The van der Waals surface area contributed by atoms with Gasteiger partial charge in [0.15, 0.2) is 11.0 Å². The van der Waals surface area contributed by atoms with Crippen LogP contribution in [0.25, 0.3) is 11.4 Å². The largest absolute Gasteiger partial charge is 0.339 e. The molecule has 2 aromatic rings. The first-order chi connectivity index (χ1) is 14.5. The summed E-state index contributed by atoms with van der Waals surface area (Å²) in [6.07, 6.45) is 1.20. The SMILES string of the molecule is CCn1c(SCC(=O)N2CCN(S(C)(=O)=O)CC2)nnc1-c1ccc(C(C)(C)C)cc1. The first-order valence-corrected chi connectivity index (χ1v) is 13.2. The Kier molecular flexibility index (Phi) is 7.12. The highest BCUT2D eigenvalue weighted by Crippen LogP contribution is 2.28. The van der Waals surface area contributed by atoms with Crippen LogP contribution in [0.1, 0.15) is 33.3 Å². The van der Waals surface area contributed by atoms with Crippen molar-refractivity contribution in [2.45, 2.75) is 44.8 Å². The minimum atomic E-state index is -3.21. The number of benzene rings is 1. The number of hydrogen-bond acceptors (Lipinski definition) is 6. The molecular formula is C21H31N5O3S2. The summed E-state index contributed by atoms with van der Waals surface area (Å²) in [6.45, 7) is 10.8. The maximum Gasteiger partial charge on any atom is 0.233 e. The highest BCUT2D eigenvalue weighted by atomic mass is 32.2. The van der Waals surface area contributed by atoms with Crippen LogP contribution in [0.5, 0.6) is 0 Å². The monoisotopic (exact) mass is 465 g/mol. The van der Waals surface area contributed by atoms with Crippen LogP contribution in [-0.2, 0) is 26.8 Å². The van der Waals surface area contributed by atoms with Crippen LogP contribution in [0.4, 0.5) is 0 Å². The van der Waals surface area contributed by atoms with Gasteiger partial charge < -0.3 is 9.47 Å². The highest BCUT2D eigenvalue weighted by molar-refractivity contribution is 7.99. The van der Waals surface area contributed by atoms with Gasteiger partial charge in [-0.25, -0.2) is 8.42 Å². The Bertz CT molecular complexity index is 1020. The molecular weight excluding hydrogens is 434 g/mol. The summed E-state index contributed by atoms with van der Waals surface area (Å²) in [5.41, 5.74) is 2.35. The molecule has 0 atom stereocenters. The molecule has 1 fully saturated rings. The molecule has 31 heavy (non-hydrogen) atoms. The van der Waals surface area contributed by atoms with Crippen molar-refractivity contribution in [1.82, 2.24) is 24.0 Å². The summed E-state index contributed by atoms with van der Waals surface area (Å²) in [7, 11) is -3.21. The predicted molar refractivity (Wildman–Crippen MR) is 124 cm³/mol. The molecule has 3 rings (SSSR count). The van der Waals surface area contributed by atoms with Gasteiger partial charge in [0.1, 0.15) is 0 Å². The molecule has 1 aliphatic rings. The second-order valence-corrected chi connectivity index (χ2v) is 11.6. The zero-order chi connectivity index (χ0) is 22.8. The van der Waals surface area contributed by atoms with Crippen LogP contribution in [-0.4, -0.2) is 76.5 Å². The number of carbonyl (C=O) groups is 1. The van der Waals surface area contributed by atoms with E-state index in [-0.39, 0.29) is 17.1 Å². The Hall–Kier alpha value is -1.91. The molecule has 1 aromatic heterocycles. The van der Waals surface area contributed by atoms with Crippen molar-refractivity contribution in [3.05, 3.63) is 29.8 Å². The highest BCUT2D eigenvalue weighted by Gasteiger charge is 2.26. The lowest BCUT2D eigenvalue weighted by Crippen LogP contribution is -2.50. The number of piperazine rings is 1. The number of hydrogen-bond donors (Lipinski definition) is 0. The molecule has 1 aliphatic heterocycles. The van der Waals surface area contributed by atoms with E-state index in [4.69, 9.17) is 0 Å². The van der Waals surface area contributed by atoms with Gasteiger partial charge in [0.25, 0.3) is 0 Å². The first-order valence-electron chi connectivity index (χ1n) is 10.4. The number of sulfonamides is 1. The standard InChI is InChI=1S/C21H31N5O3S2/c1-6-26-19(16-7-9-17(10-8-16)21(2,3)4)22-23-20(26)30-15-18(27)24-11-13-25(14-12-24)31(5,28)29/h7-10H,6,11-15H2,1-5H3. The topological polar surface area (TPSA) is 88.4 Å². The quantitative estimate of drug-likeness (QED) is 0.609. The van der Waals surface area contributed by atoms with E-state index < -0.39 is 10.0 Å². The Morgan fingerprint density at radius 2 is 1.68 bits per heavy atom. The summed E-state index contributed by atoms with van der Waals surface area (Å²) < 4.78 is 26.7. The molecule has 0 radical (unpaired) electrons. The van der Waals surface area contributed by atoms with Crippen molar-refractivity contribution in [1.29, 1.82) is 0 Å². The minimum Gasteiger partial charge on any atom is -0.339 e. The first kappa shape index (κ1) is 23.7. The fourth-order valence-corrected chi connectivity index (χ4v) is 5.23. The maximum atomic E-state index is 12.6. The second-order valence-electron chi connectivity index (χ2n) is 8.71. The van der Waals surface area contributed by atoms with Crippen LogP contribution < -0.4 is 0 Å². The third-order valence-corrected chi connectivity index (χ3v) is 7.68. The number of aromatic nitrogens is 3. The van der Waals surface area contributed by atoms with E-state index >= 15 is 0 Å². The molecule has 1 saturated heterocycles. The van der Waals surface area contributed by atoms with E-state index in [1.807, 2.05) is 11.5 Å². The van der Waals surface area contributed by atoms with E-state index in [9.17, 15) is 13.2 Å². The number of nitrogens with zero attached hydrogens (tertiary/aromatic N) is 5. The van der Waals surface area contributed by atoms with Crippen LogP contribution in [0, 0.1) is 0 Å². The maximum absolute atomic E-state index is 12.6. The van der Waals surface area contributed by atoms with E-state index in [0.29, 0.717) is 37.9 Å². The van der Waals surface area contributed by atoms with Crippen LogP contribution in [0.3, 0.4) is 0 Å². The molecule has 0 saturated carbocycles. The third-order valence-electron chi connectivity index (χ3n) is 5.43. The lowest BCUT2D eigenvalue weighted by Gasteiger charge is -2.33. The van der Waals surface area contributed by atoms with Gasteiger partial charge in [-0.1, -0.05) is 56.8 Å². The Morgan fingerprint density at radius 3 is 2.19 bits per heavy atom. The van der Waals surface area contributed by atoms with Crippen LogP contribution >= 0.6 is 11.8 Å². The zero-order valence-electron chi connectivity index (χ0n) is 18.8. The molecule has 10 heteroatoms. The molecule has 1 amide bonds. The van der Waals surface area contributed by atoms with Crippen molar-refractivity contribution in [2.75, 3.05) is 38.2 Å². The fraction of sp³-hybridized carbons (Fsp3) is 0.571. The van der Waals surface area contributed by atoms with Crippen LogP contribution in [0.2, 0.25) is 0 Å².